The van der Waals surface area contributed by atoms with Crippen molar-refractivity contribution in [2.45, 2.75) is 32.7 Å². The van der Waals surface area contributed by atoms with E-state index in [1.807, 2.05) is 41.0 Å². The Kier molecular flexibility index (Phi) is 6.52. The number of aliphatic hydroxyl groups is 1. The van der Waals surface area contributed by atoms with Gasteiger partial charge in [-0.1, -0.05) is 25.5 Å². The van der Waals surface area contributed by atoms with Crippen LogP contribution < -0.4 is 15.4 Å². The summed E-state index contributed by atoms with van der Waals surface area (Å²) in [6.45, 7) is 5.15. The number of aromatic nitrogens is 2. The SMILES string of the molecule is CCCCNCCOc1ccc(NC(=O)C2=C(O)CCn3c2nc2ccccc23)cc1. The molecule has 1 aliphatic heterocycles. The zero-order chi connectivity index (χ0) is 21.6. The van der Waals surface area contributed by atoms with Crippen molar-refractivity contribution in [2.24, 2.45) is 0 Å². The van der Waals surface area contributed by atoms with Crippen molar-refractivity contribution in [1.29, 1.82) is 0 Å². The van der Waals surface area contributed by atoms with Crippen molar-refractivity contribution in [3.05, 3.63) is 60.1 Å². The van der Waals surface area contributed by atoms with Crippen LogP contribution in [0.1, 0.15) is 32.0 Å². The standard InChI is InChI=1S/C24H28N4O3/c1-2-3-13-25-14-16-31-18-10-8-17(9-11-18)26-24(30)22-21(29)12-15-28-20-7-5-4-6-19(20)27-23(22)28/h4-11,25,29H,2-3,12-16H2,1H3,(H,26,30). The first-order valence-corrected chi connectivity index (χ1v) is 10.8. The second-order valence-corrected chi connectivity index (χ2v) is 7.58. The molecule has 162 valence electrons. The van der Waals surface area contributed by atoms with Gasteiger partial charge in [-0.3, -0.25) is 4.79 Å². The highest BCUT2D eigenvalue weighted by Crippen LogP contribution is 2.30. The van der Waals surface area contributed by atoms with Crippen LogP contribution in [0.3, 0.4) is 0 Å². The Hall–Kier alpha value is -3.32. The van der Waals surface area contributed by atoms with Gasteiger partial charge in [-0.2, -0.15) is 0 Å². The molecule has 1 aromatic heterocycles. The zero-order valence-corrected chi connectivity index (χ0v) is 17.7. The lowest BCUT2D eigenvalue weighted by Gasteiger charge is -2.18. The Morgan fingerprint density at radius 2 is 1.97 bits per heavy atom. The first kappa shape index (κ1) is 20.9. The summed E-state index contributed by atoms with van der Waals surface area (Å²) in [7, 11) is 0. The van der Waals surface area contributed by atoms with E-state index >= 15 is 0 Å². The van der Waals surface area contributed by atoms with Crippen molar-refractivity contribution in [3.8, 4) is 5.75 Å². The van der Waals surface area contributed by atoms with Crippen LogP contribution in [0.5, 0.6) is 5.75 Å². The van der Waals surface area contributed by atoms with Crippen molar-refractivity contribution < 1.29 is 14.6 Å². The fourth-order valence-electron chi connectivity index (χ4n) is 3.69. The smallest absolute Gasteiger partial charge is 0.262 e. The molecule has 7 heteroatoms. The van der Waals surface area contributed by atoms with E-state index in [1.54, 1.807) is 12.1 Å². The van der Waals surface area contributed by atoms with E-state index in [4.69, 9.17) is 4.74 Å². The summed E-state index contributed by atoms with van der Waals surface area (Å²) in [5, 5.41) is 16.6. The maximum atomic E-state index is 13.0. The third-order valence-electron chi connectivity index (χ3n) is 5.33. The molecule has 0 saturated heterocycles. The quantitative estimate of drug-likeness (QED) is 0.453. The van der Waals surface area contributed by atoms with Crippen molar-refractivity contribution in [3.63, 3.8) is 0 Å². The number of hydrogen-bond acceptors (Lipinski definition) is 5. The van der Waals surface area contributed by atoms with Crippen LogP contribution in [0.15, 0.2) is 54.3 Å². The molecule has 0 spiro atoms. The van der Waals surface area contributed by atoms with Crippen LogP contribution in [0.2, 0.25) is 0 Å². The van der Waals surface area contributed by atoms with Crippen LogP contribution in [-0.4, -0.2) is 40.3 Å². The first-order valence-electron chi connectivity index (χ1n) is 10.8. The molecule has 0 saturated carbocycles. The van der Waals surface area contributed by atoms with Crippen molar-refractivity contribution in [1.82, 2.24) is 14.9 Å². The molecule has 0 bridgehead atoms. The topological polar surface area (TPSA) is 88.4 Å². The van der Waals surface area contributed by atoms with Gasteiger partial charge in [0.1, 0.15) is 29.5 Å². The summed E-state index contributed by atoms with van der Waals surface area (Å²) in [6, 6.07) is 15.0. The molecule has 3 N–H and O–H groups in total. The molecule has 1 amide bonds. The third kappa shape index (κ3) is 4.72. The number of aliphatic hydroxyl groups excluding tert-OH is 1. The predicted molar refractivity (Wildman–Crippen MR) is 122 cm³/mol. The van der Waals surface area contributed by atoms with Crippen LogP contribution in [0.4, 0.5) is 5.69 Å². The summed E-state index contributed by atoms with van der Waals surface area (Å²) in [6.07, 6.45) is 2.74. The summed E-state index contributed by atoms with van der Waals surface area (Å²) >= 11 is 0. The van der Waals surface area contributed by atoms with Gasteiger partial charge in [-0.25, -0.2) is 4.98 Å². The number of unbranched alkanes of at least 4 members (excludes halogenated alkanes) is 1. The first-order chi connectivity index (χ1) is 15.2. The maximum absolute atomic E-state index is 13.0. The fraction of sp³-hybridized carbons (Fsp3) is 0.333. The molecule has 0 unspecified atom stereocenters. The summed E-state index contributed by atoms with van der Waals surface area (Å²) in [5.41, 5.74) is 2.62. The number of aryl methyl sites for hydroxylation is 1. The van der Waals surface area contributed by atoms with E-state index in [1.165, 1.54) is 6.42 Å². The van der Waals surface area contributed by atoms with Crippen LogP contribution in [0.25, 0.3) is 16.6 Å². The number of fused-ring (bicyclic) bond motifs is 3. The molecule has 7 nitrogen and oxygen atoms in total. The van der Waals surface area contributed by atoms with Crippen molar-refractivity contribution in [2.75, 3.05) is 25.0 Å². The van der Waals surface area contributed by atoms with Gasteiger partial charge in [-0.05, 0) is 49.4 Å². The minimum Gasteiger partial charge on any atom is -0.511 e. The van der Waals surface area contributed by atoms with E-state index in [-0.39, 0.29) is 17.2 Å². The maximum Gasteiger partial charge on any atom is 0.262 e. The molecular formula is C24H28N4O3. The predicted octanol–water partition coefficient (Wildman–Crippen LogP) is 4.12. The number of amides is 1. The second kappa shape index (κ2) is 9.66. The number of imidazole rings is 1. The normalized spacial score (nSPS) is 13.3. The monoisotopic (exact) mass is 420 g/mol. The second-order valence-electron chi connectivity index (χ2n) is 7.58. The highest BCUT2D eigenvalue weighted by atomic mass is 16.5. The van der Waals surface area contributed by atoms with Gasteiger partial charge in [0.15, 0.2) is 0 Å². The summed E-state index contributed by atoms with van der Waals surface area (Å²) in [4.78, 5) is 17.6. The molecular weight excluding hydrogens is 392 g/mol. The lowest BCUT2D eigenvalue weighted by Crippen LogP contribution is -2.22. The molecule has 4 rings (SSSR count). The number of anilines is 1. The summed E-state index contributed by atoms with van der Waals surface area (Å²) in [5.74, 6) is 0.938. The van der Waals surface area contributed by atoms with Gasteiger partial charge in [0, 0.05) is 25.2 Å². The summed E-state index contributed by atoms with van der Waals surface area (Å²) < 4.78 is 7.70. The van der Waals surface area contributed by atoms with E-state index in [0.29, 0.717) is 31.1 Å². The number of para-hydroxylation sites is 2. The van der Waals surface area contributed by atoms with Gasteiger partial charge in [0.2, 0.25) is 0 Å². The molecule has 0 aliphatic carbocycles. The number of ether oxygens (including phenoxy) is 1. The Labute approximate surface area is 181 Å². The Balaban J connectivity index is 1.40. The Morgan fingerprint density at radius 3 is 2.77 bits per heavy atom. The van der Waals surface area contributed by atoms with Crippen LogP contribution >= 0.6 is 0 Å². The zero-order valence-electron chi connectivity index (χ0n) is 17.7. The molecule has 0 radical (unpaired) electrons. The van der Waals surface area contributed by atoms with Crippen LogP contribution in [-0.2, 0) is 11.3 Å². The third-order valence-corrected chi connectivity index (χ3v) is 5.33. The number of nitrogens with zero attached hydrogens (tertiary/aromatic N) is 2. The number of hydrogen-bond donors (Lipinski definition) is 3. The molecule has 31 heavy (non-hydrogen) atoms. The molecule has 2 heterocycles. The number of rotatable bonds is 9. The van der Waals surface area contributed by atoms with Gasteiger partial charge in [0.05, 0.1) is 11.0 Å². The molecule has 1 aliphatic rings. The van der Waals surface area contributed by atoms with Crippen LogP contribution in [0, 0.1) is 0 Å². The number of nitrogens with one attached hydrogen (secondary N) is 2. The van der Waals surface area contributed by atoms with E-state index in [9.17, 15) is 9.90 Å². The minimum absolute atomic E-state index is 0.0656. The fourth-order valence-corrected chi connectivity index (χ4v) is 3.69. The average molecular weight is 421 g/mol. The van der Waals surface area contributed by atoms with E-state index in [0.717, 1.165) is 36.3 Å². The molecule has 0 fully saturated rings. The lowest BCUT2D eigenvalue weighted by atomic mass is 10.1. The Bertz CT molecular complexity index is 1090. The molecule has 2 aromatic carbocycles. The minimum atomic E-state index is -0.373. The number of benzene rings is 2. The Morgan fingerprint density at radius 1 is 1.16 bits per heavy atom. The molecule has 0 atom stereocenters. The lowest BCUT2D eigenvalue weighted by molar-refractivity contribution is -0.111. The van der Waals surface area contributed by atoms with Gasteiger partial charge in [-0.15, -0.1) is 0 Å². The van der Waals surface area contributed by atoms with Gasteiger partial charge >= 0.3 is 0 Å². The molecule has 3 aromatic rings. The number of allylic oxidation sites excluding steroid dienone is 1. The van der Waals surface area contributed by atoms with E-state index < -0.39 is 0 Å². The van der Waals surface area contributed by atoms with Gasteiger partial charge in [0.25, 0.3) is 5.91 Å². The van der Waals surface area contributed by atoms with Gasteiger partial charge < -0.3 is 25.0 Å². The highest BCUT2D eigenvalue weighted by Gasteiger charge is 2.28. The highest BCUT2D eigenvalue weighted by molar-refractivity contribution is 6.25. The largest absolute Gasteiger partial charge is 0.511 e. The van der Waals surface area contributed by atoms with Crippen molar-refractivity contribution >= 4 is 28.2 Å². The average Bonchev–Trinajstić information content (AvgIpc) is 3.15. The number of carbonyl (C=O) groups is 1. The van der Waals surface area contributed by atoms with E-state index in [2.05, 4.69) is 22.5 Å². The number of carbonyl (C=O) groups excluding carboxylic acids is 1.